The monoisotopic (exact) mass is 461 g/mol. The van der Waals surface area contributed by atoms with Crippen LogP contribution in [0.25, 0.3) is 11.3 Å². The van der Waals surface area contributed by atoms with E-state index in [0.29, 0.717) is 33.8 Å². The van der Waals surface area contributed by atoms with Crippen molar-refractivity contribution >= 4 is 51.5 Å². The van der Waals surface area contributed by atoms with Crippen LogP contribution >= 0.6 is 34.5 Å². The maximum Gasteiger partial charge on any atom is 0.257 e. The Hall–Kier alpha value is -2.61. The highest BCUT2D eigenvalue weighted by atomic mass is 35.5. The molecule has 2 aromatic carbocycles. The van der Waals surface area contributed by atoms with Gasteiger partial charge in [-0.2, -0.15) is 0 Å². The van der Waals surface area contributed by atoms with Crippen molar-refractivity contribution in [2.24, 2.45) is 0 Å². The number of ether oxygens (including phenoxy) is 1. The van der Waals surface area contributed by atoms with E-state index in [1.807, 2.05) is 23.6 Å². The van der Waals surface area contributed by atoms with Crippen molar-refractivity contribution < 1.29 is 14.3 Å². The van der Waals surface area contributed by atoms with Crippen LogP contribution in [0, 0.1) is 0 Å². The number of hydrogen-bond donors (Lipinski definition) is 2. The third-order valence-corrected chi connectivity index (χ3v) is 6.13. The molecular formula is C21H17Cl2N3O3S. The van der Waals surface area contributed by atoms with E-state index in [1.54, 1.807) is 12.1 Å². The minimum Gasteiger partial charge on any atom is -0.493 e. The fourth-order valence-corrected chi connectivity index (χ4v) is 4.23. The third-order valence-electron chi connectivity index (χ3n) is 4.63. The molecule has 9 heteroatoms. The van der Waals surface area contributed by atoms with Gasteiger partial charge < -0.3 is 10.1 Å². The van der Waals surface area contributed by atoms with Crippen molar-refractivity contribution in [1.29, 1.82) is 0 Å². The molecule has 30 heavy (non-hydrogen) atoms. The van der Waals surface area contributed by atoms with Crippen molar-refractivity contribution in [3.8, 4) is 17.0 Å². The number of hydrogen-bond acceptors (Lipinski definition) is 5. The maximum absolute atomic E-state index is 12.5. The number of benzene rings is 2. The lowest BCUT2D eigenvalue weighted by molar-refractivity contribution is -0.119. The van der Waals surface area contributed by atoms with Crippen LogP contribution < -0.4 is 15.4 Å². The number of carbonyl (C=O) groups is 2. The molecule has 1 atom stereocenters. The Morgan fingerprint density at radius 1 is 1.17 bits per heavy atom. The highest BCUT2D eigenvalue weighted by molar-refractivity contribution is 7.14. The van der Waals surface area contributed by atoms with E-state index >= 15 is 0 Å². The van der Waals surface area contributed by atoms with Gasteiger partial charge in [-0.25, -0.2) is 4.98 Å². The van der Waals surface area contributed by atoms with Gasteiger partial charge in [0.2, 0.25) is 5.91 Å². The molecule has 4 rings (SSSR count). The number of amides is 2. The summed E-state index contributed by atoms with van der Waals surface area (Å²) in [5.74, 6) is 0.352. The topological polar surface area (TPSA) is 80.3 Å². The molecule has 1 unspecified atom stereocenters. The van der Waals surface area contributed by atoms with Crippen LogP contribution in [0.1, 0.15) is 35.3 Å². The average molecular weight is 462 g/mol. The molecule has 3 aromatic rings. The molecular weight excluding hydrogens is 445 g/mol. The normalized spacial score (nSPS) is 15.1. The number of nitrogens with one attached hydrogen (secondary N) is 2. The fraction of sp³-hybridized carbons (Fsp3) is 0.190. The summed E-state index contributed by atoms with van der Waals surface area (Å²) in [5, 5.41) is 8.77. The van der Waals surface area contributed by atoms with Crippen LogP contribution in [0.5, 0.6) is 5.75 Å². The minimum atomic E-state index is -0.320. The van der Waals surface area contributed by atoms with Crippen LogP contribution in [0.4, 0.5) is 5.13 Å². The van der Waals surface area contributed by atoms with E-state index in [0.717, 1.165) is 22.6 Å². The number of carbonyl (C=O) groups excluding carboxylic acids is 2. The number of nitrogens with zero attached hydrogens (tertiary/aromatic N) is 1. The molecule has 0 aliphatic carbocycles. The molecule has 0 saturated heterocycles. The van der Waals surface area contributed by atoms with Gasteiger partial charge in [-0.1, -0.05) is 23.2 Å². The Labute approximate surface area is 187 Å². The van der Waals surface area contributed by atoms with Crippen LogP contribution in [-0.2, 0) is 4.79 Å². The first-order chi connectivity index (χ1) is 14.4. The summed E-state index contributed by atoms with van der Waals surface area (Å²) >= 11 is 13.2. The van der Waals surface area contributed by atoms with E-state index in [4.69, 9.17) is 27.9 Å². The first-order valence-electron chi connectivity index (χ1n) is 9.17. The summed E-state index contributed by atoms with van der Waals surface area (Å²) in [6, 6.07) is 10.4. The Morgan fingerprint density at radius 3 is 2.77 bits per heavy atom. The molecule has 0 saturated carbocycles. The highest BCUT2D eigenvalue weighted by Crippen LogP contribution is 2.36. The SMILES string of the molecule is CC(=O)NC1CCOc2ccc(-c3csc(NC(=O)c4ccc(Cl)c(Cl)c4)n3)cc21. The first kappa shape index (κ1) is 20.7. The number of anilines is 1. The molecule has 1 aromatic heterocycles. The van der Waals surface area contributed by atoms with Crippen molar-refractivity contribution in [2.45, 2.75) is 19.4 Å². The first-order valence-corrected chi connectivity index (χ1v) is 10.8. The number of rotatable bonds is 4. The molecule has 1 aliphatic heterocycles. The van der Waals surface area contributed by atoms with Gasteiger partial charge in [0.05, 0.1) is 28.4 Å². The summed E-state index contributed by atoms with van der Waals surface area (Å²) in [4.78, 5) is 28.5. The van der Waals surface area contributed by atoms with E-state index in [-0.39, 0.29) is 17.9 Å². The summed E-state index contributed by atoms with van der Waals surface area (Å²) in [7, 11) is 0. The lowest BCUT2D eigenvalue weighted by Crippen LogP contribution is -2.30. The van der Waals surface area contributed by atoms with Gasteiger partial charge >= 0.3 is 0 Å². The second-order valence-electron chi connectivity index (χ2n) is 6.76. The van der Waals surface area contributed by atoms with E-state index < -0.39 is 0 Å². The van der Waals surface area contributed by atoms with Gasteiger partial charge in [-0.15, -0.1) is 11.3 Å². The molecule has 2 N–H and O–H groups in total. The van der Waals surface area contributed by atoms with Crippen molar-refractivity contribution in [3.63, 3.8) is 0 Å². The van der Waals surface area contributed by atoms with Gasteiger partial charge in [0.1, 0.15) is 5.75 Å². The van der Waals surface area contributed by atoms with Crippen LogP contribution in [0.15, 0.2) is 41.8 Å². The zero-order chi connectivity index (χ0) is 21.3. The molecule has 2 heterocycles. The molecule has 0 spiro atoms. The Balaban J connectivity index is 1.54. The number of halogens is 2. The predicted octanol–water partition coefficient (Wildman–Crippen LogP) is 5.33. The minimum absolute atomic E-state index is 0.0841. The Kier molecular flexibility index (Phi) is 5.94. The second-order valence-corrected chi connectivity index (χ2v) is 8.44. The van der Waals surface area contributed by atoms with E-state index in [9.17, 15) is 9.59 Å². The molecule has 6 nitrogen and oxygen atoms in total. The lowest BCUT2D eigenvalue weighted by atomic mass is 9.97. The predicted molar refractivity (Wildman–Crippen MR) is 119 cm³/mol. The van der Waals surface area contributed by atoms with Crippen LogP contribution in [0.3, 0.4) is 0 Å². The summed E-state index contributed by atoms with van der Waals surface area (Å²) in [6.07, 6.45) is 0.706. The molecule has 0 bridgehead atoms. The molecule has 2 amide bonds. The number of thiazole rings is 1. The number of fused-ring (bicyclic) bond motifs is 1. The van der Waals surface area contributed by atoms with E-state index in [1.165, 1.54) is 24.3 Å². The number of aromatic nitrogens is 1. The maximum atomic E-state index is 12.5. The fourth-order valence-electron chi connectivity index (χ4n) is 3.22. The summed E-state index contributed by atoms with van der Waals surface area (Å²) < 4.78 is 5.70. The van der Waals surface area contributed by atoms with E-state index in [2.05, 4.69) is 15.6 Å². The van der Waals surface area contributed by atoms with Gasteiger partial charge in [0.15, 0.2) is 5.13 Å². The summed E-state index contributed by atoms with van der Waals surface area (Å²) in [5.41, 5.74) is 2.91. The molecule has 1 aliphatic rings. The lowest BCUT2D eigenvalue weighted by Gasteiger charge is -2.26. The molecule has 0 fully saturated rings. The molecule has 0 radical (unpaired) electrons. The van der Waals surface area contributed by atoms with Gasteiger partial charge in [0, 0.05) is 35.4 Å². The Morgan fingerprint density at radius 2 is 2.00 bits per heavy atom. The van der Waals surface area contributed by atoms with Crippen molar-refractivity contribution in [1.82, 2.24) is 10.3 Å². The zero-order valence-corrected chi connectivity index (χ0v) is 18.2. The van der Waals surface area contributed by atoms with Gasteiger partial charge in [-0.05, 0) is 36.4 Å². The molecule has 154 valence electrons. The third kappa shape index (κ3) is 4.43. The van der Waals surface area contributed by atoms with Crippen molar-refractivity contribution in [2.75, 3.05) is 11.9 Å². The van der Waals surface area contributed by atoms with Crippen molar-refractivity contribution in [3.05, 3.63) is 63.0 Å². The van der Waals surface area contributed by atoms with Gasteiger partial charge in [0.25, 0.3) is 5.91 Å². The largest absolute Gasteiger partial charge is 0.493 e. The average Bonchev–Trinajstić information content (AvgIpc) is 3.18. The second kappa shape index (κ2) is 8.63. The van der Waals surface area contributed by atoms with Crippen LogP contribution in [0.2, 0.25) is 10.0 Å². The van der Waals surface area contributed by atoms with Gasteiger partial charge in [-0.3, -0.25) is 14.9 Å². The standard InChI is InChI=1S/C21H17Cl2N3O3S/c1-11(27)24-17-6-7-29-19-5-3-12(8-14(17)19)18-10-30-21(25-18)26-20(28)13-2-4-15(22)16(23)9-13/h2-5,8-10,17H,6-7H2,1H3,(H,24,27)(H,25,26,28). The Bertz CT molecular complexity index is 1130. The summed E-state index contributed by atoms with van der Waals surface area (Å²) in [6.45, 7) is 2.06. The quantitative estimate of drug-likeness (QED) is 0.550. The zero-order valence-electron chi connectivity index (χ0n) is 15.9. The highest BCUT2D eigenvalue weighted by Gasteiger charge is 2.23. The van der Waals surface area contributed by atoms with Crippen LogP contribution in [-0.4, -0.2) is 23.4 Å². The smallest absolute Gasteiger partial charge is 0.257 e.